The second-order valence-corrected chi connectivity index (χ2v) is 7.13. The third-order valence-corrected chi connectivity index (χ3v) is 5.07. The van der Waals surface area contributed by atoms with Crippen LogP contribution in [0.3, 0.4) is 0 Å². The number of hydrogen-bond acceptors (Lipinski definition) is 3. The van der Waals surface area contributed by atoms with Gasteiger partial charge in [0.25, 0.3) is 0 Å². The first-order valence-electron chi connectivity index (χ1n) is 7.84. The van der Waals surface area contributed by atoms with Crippen LogP contribution in [0.15, 0.2) is 35.0 Å². The zero-order valence-corrected chi connectivity index (χ0v) is 15.9. The van der Waals surface area contributed by atoms with E-state index in [9.17, 15) is 4.79 Å². The molecule has 6 heteroatoms. The number of fused-ring (bicyclic) bond motifs is 1. The molecule has 24 heavy (non-hydrogen) atoms. The molecule has 0 radical (unpaired) electrons. The lowest BCUT2D eigenvalue weighted by molar-refractivity contribution is 0.193. The van der Waals surface area contributed by atoms with Gasteiger partial charge >= 0.3 is 6.03 Å². The number of carbonyl (C=O) groups is 1. The van der Waals surface area contributed by atoms with Crippen molar-refractivity contribution in [3.05, 3.63) is 57.3 Å². The van der Waals surface area contributed by atoms with E-state index in [2.05, 4.69) is 52.2 Å². The minimum absolute atomic E-state index is 0. The summed E-state index contributed by atoms with van der Waals surface area (Å²) < 4.78 is 0. The Labute approximate surface area is 153 Å². The Bertz CT molecular complexity index is 688. The van der Waals surface area contributed by atoms with Crippen molar-refractivity contribution >= 4 is 29.8 Å². The fourth-order valence-electron chi connectivity index (χ4n) is 3.03. The van der Waals surface area contributed by atoms with Crippen molar-refractivity contribution in [3.8, 4) is 0 Å². The van der Waals surface area contributed by atoms with E-state index in [-0.39, 0.29) is 24.5 Å². The van der Waals surface area contributed by atoms with Crippen molar-refractivity contribution in [2.45, 2.75) is 26.1 Å². The van der Waals surface area contributed by atoms with Gasteiger partial charge in [-0.05, 0) is 54.5 Å². The minimum Gasteiger partial charge on any atom is -0.336 e. The van der Waals surface area contributed by atoms with Crippen molar-refractivity contribution in [2.75, 3.05) is 20.6 Å². The molecule has 2 amide bonds. The van der Waals surface area contributed by atoms with Crippen LogP contribution in [0.5, 0.6) is 0 Å². The Kier molecular flexibility index (Phi) is 6.27. The number of aryl methyl sites for hydroxylation is 1. The van der Waals surface area contributed by atoms with Gasteiger partial charge in [0, 0.05) is 19.6 Å². The van der Waals surface area contributed by atoms with E-state index >= 15 is 0 Å². The van der Waals surface area contributed by atoms with Gasteiger partial charge in [0.15, 0.2) is 0 Å². The molecule has 1 aliphatic rings. The lowest BCUT2D eigenvalue weighted by atomic mass is 10.1. The Morgan fingerprint density at radius 2 is 2.04 bits per heavy atom. The molecule has 130 valence electrons. The molecule has 1 aromatic carbocycles. The van der Waals surface area contributed by atoms with Crippen molar-refractivity contribution in [3.63, 3.8) is 0 Å². The second kappa shape index (κ2) is 8.01. The largest absolute Gasteiger partial charge is 0.336 e. The predicted octanol–water partition coefficient (Wildman–Crippen LogP) is 3.81. The molecule has 4 nitrogen and oxygen atoms in total. The third-order valence-electron chi connectivity index (χ3n) is 4.37. The fourth-order valence-corrected chi connectivity index (χ4v) is 3.73. The highest BCUT2D eigenvalue weighted by Crippen LogP contribution is 2.24. The van der Waals surface area contributed by atoms with Crippen LogP contribution in [-0.4, -0.2) is 36.5 Å². The maximum Gasteiger partial charge on any atom is 0.318 e. The number of carbonyl (C=O) groups excluding carboxylic acids is 1. The lowest BCUT2D eigenvalue weighted by Gasteiger charge is -2.25. The summed E-state index contributed by atoms with van der Waals surface area (Å²) in [7, 11) is 4.09. The Balaban J connectivity index is 0.00000208. The number of rotatable bonds is 4. The summed E-state index contributed by atoms with van der Waals surface area (Å²) in [6, 6.07) is 8.76. The smallest absolute Gasteiger partial charge is 0.318 e. The highest BCUT2D eigenvalue weighted by Gasteiger charge is 2.24. The van der Waals surface area contributed by atoms with Gasteiger partial charge in [-0.25, -0.2) is 4.79 Å². The quantitative estimate of drug-likeness (QED) is 0.894. The van der Waals surface area contributed by atoms with Gasteiger partial charge in [-0.3, -0.25) is 0 Å². The molecule has 1 aromatic heterocycles. The molecular formula is C18H24ClN3OS. The first-order chi connectivity index (χ1) is 11.0. The summed E-state index contributed by atoms with van der Waals surface area (Å²) in [6.07, 6.45) is 0. The second-order valence-electron chi connectivity index (χ2n) is 6.35. The molecule has 0 bridgehead atoms. The van der Waals surface area contributed by atoms with E-state index in [4.69, 9.17) is 0 Å². The number of likely N-dealkylation sites (N-methyl/N-ethyl adjacent to an activating group) is 1. The van der Waals surface area contributed by atoms with Gasteiger partial charge in [0.2, 0.25) is 0 Å². The van der Waals surface area contributed by atoms with Crippen molar-refractivity contribution < 1.29 is 4.79 Å². The Hall–Kier alpha value is -1.56. The minimum atomic E-state index is 0. The SMILES string of the molecule is Cc1ccc2c(c1)CN(C(=O)NCC(c1ccsc1)N(C)C)C2.Cl. The maximum atomic E-state index is 12.5. The van der Waals surface area contributed by atoms with Gasteiger partial charge < -0.3 is 15.1 Å². The number of amides is 2. The van der Waals surface area contributed by atoms with Crippen molar-refractivity contribution in [2.24, 2.45) is 0 Å². The van der Waals surface area contributed by atoms with Gasteiger partial charge in [-0.1, -0.05) is 23.8 Å². The first kappa shape index (κ1) is 18.8. The molecule has 1 aliphatic heterocycles. The zero-order chi connectivity index (χ0) is 16.4. The summed E-state index contributed by atoms with van der Waals surface area (Å²) in [6.45, 7) is 4.11. The molecule has 0 spiro atoms. The molecule has 0 fully saturated rings. The number of hydrogen-bond donors (Lipinski definition) is 1. The lowest BCUT2D eigenvalue weighted by Crippen LogP contribution is -2.40. The van der Waals surface area contributed by atoms with Crippen LogP contribution in [0.25, 0.3) is 0 Å². The molecule has 0 aliphatic carbocycles. The number of nitrogens with one attached hydrogen (secondary N) is 1. The number of thiophene rings is 1. The number of nitrogens with zero attached hydrogens (tertiary/aromatic N) is 2. The summed E-state index contributed by atoms with van der Waals surface area (Å²) >= 11 is 1.69. The maximum absolute atomic E-state index is 12.5. The van der Waals surface area contributed by atoms with Crippen molar-refractivity contribution in [1.82, 2.24) is 15.1 Å². The van der Waals surface area contributed by atoms with Crippen LogP contribution in [0.2, 0.25) is 0 Å². The number of urea groups is 1. The van der Waals surface area contributed by atoms with Gasteiger partial charge in [0.1, 0.15) is 0 Å². The number of benzene rings is 1. The molecule has 0 saturated carbocycles. The van der Waals surface area contributed by atoms with E-state index in [1.807, 2.05) is 19.0 Å². The van der Waals surface area contributed by atoms with Crippen LogP contribution in [0.1, 0.15) is 28.3 Å². The normalized spacial score (nSPS) is 14.2. The molecule has 1 N–H and O–H groups in total. The van der Waals surface area contributed by atoms with Gasteiger partial charge in [-0.2, -0.15) is 11.3 Å². The van der Waals surface area contributed by atoms with E-state index in [1.54, 1.807) is 11.3 Å². The van der Waals surface area contributed by atoms with Crippen LogP contribution in [-0.2, 0) is 13.1 Å². The van der Waals surface area contributed by atoms with E-state index in [0.29, 0.717) is 19.6 Å². The molecule has 3 rings (SSSR count). The topological polar surface area (TPSA) is 35.6 Å². The molecule has 1 unspecified atom stereocenters. The molecule has 2 aromatic rings. The van der Waals surface area contributed by atoms with Crippen LogP contribution in [0.4, 0.5) is 4.79 Å². The van der Waals surface area contributed by atoms with Crippen LogP contribution < -0.4 is 5.32 Å². The summed E-state index contributed by atoms with van der Waals surface area (Å²) in [5.74, 6) is 0. The average molecular weight is 366 g/mol. The zero-order valence-electron chi connectivity index (χ0n) is 14.3. The summed E-state index contributed by atoms with van der Waals surface area (Å²) in [5, 5.41) is 7.31. The predicted molar refractivity (Wildman–Crippen MR) is 102 cm³/mol. The Morgan fingerprint density at radius 3 is 2.71 bits per heavy atom. The molecular weight excluding hydrogens is 342 g/mol. The van der Waals surface area contributed by atoms with Crippen molar-refractivity contribution in [1.29, 1.82) is 0 Å². The monoisotopic (exact) mass is 365 g/mol. The molecule has 2 heterocycles. The van der Waals surface area contributed by atoms with E-state index in [1.165, 1.54) is 22.3 Å². The van der Waals surface area contributed by atoms with Gasteiger partial charge in [0.05, 0.1) is 6.04 Å². The highest BCUT2D eigenvalue weighted by atomic mass is 35.5. The van der Waals surface area contributed by atoms with Crippen LogP contribution in [0, 0.1) is 6.92 Å². The molecule has 1 atom stereocenters. The van der Waals surface area contributed by atoms with E-state index in [0.717, 1.165) is 0 Å². The fraction of sp³-hybridized carbons (Fsp3) is 0.389. The summed E-state index contributed by atoms with van der Waals surface area (Å²) in [4.78, 5) is 16.5. The highest BCUT2D eigenvalue weighted by molar-refractivity contribution is 7.07. The molecule has 0 saturated heterocycles. The number of halogens is 1. The van der Waals surface area contributed by atoms with Gasteiger partial charge in [-0.15, -0.1) is 12.4 Å². The average Bonchev–Trinajstić information content (AvgIpc) is 3.15. The van der Waals surface area contributed by atoms with Crippen LogP contribution >= 0.6 is 23.7 Å². The first-order valence-corrected chi connectivity index (χ1v) is 8.78. The standard InChI is InChI=1S/C18H23N3OS.ClH/c1-13-4-5-14-10-21(11-16(14)8-13)18(22)19-9-17(20(2)3)15-6-7-23-12-15;/h4-8,12,17H,9-11H2,1-3H3,(H,19,22);1H. The Morgan fingerprint density at radius 1 is 1.29 bits per heavy atom. The third kappa shape index (κ3) is 4.09. The summed E-state index contributed by atoms with van der Waals surface area (Å²) in [5.41, 5.74) is 5.02. The van der Waals surface area contributed by atoms with E-state index < -0.39 is 0 Å².